The minimum Gasteiger partial charge on any atom is -0.469 e. The Morgan fingerprint density at radius 3 is 2.60 bits per heavy atom. The van der Waals surface area contributed by atoms with E-state index in [9.17, 15) is 14.4 Å². The van der Waals surface area contributed by atoms with E-state index in [0.717, 1.165) is 37.7 Å². The van der Waals surface area contributed by atoms with E-state index >= 15 is 0 Å². The van der Waals surface area contributed by atoms with Crippen LogP contribution in [0.15, 0.2) is 11.6 Å². The average Bonchev–Trinajstić information content (AvgIpc) is 3.21. The largest absolute Gasteiger partial charge is 0.469 e. The number of rotatable bonds is 1. The van der Waals surface area contributed by atoms with E-state index in [-0.39, 0.29) is 46.0 Å². The van der Waals surface area contributed by atoms with Crippen LogP contribution in [0.5, 0.6) is 0 Å². The highest BCUT2D eigenvalue weighted by molar-refractivity contribution is 5.92. The molecule has 8 atom stereocenters. The van der Waals surface area contributed by atoms with E-state index < -0.39 is 0 Å². The first kappa shape index (κ1) is 20.3. The first-order valence-electron chi connectivity index (χ1n) is 11.7. The molecule has 0 aromatic heterocycles. The van der Waals surface area contributed by atoms with Gasteiger partial charge in [0.2, 0.25) is 0 Å². The van der Waals surface area contributed by atoms with Crippen LogP contribution >= 0.6 is 0 Å². The van der Waals surface area contributed by atoms with Gasteiger partial charge >= 0.3 is 11.9 Å². The standard InChI is InChI=1S/C25H34O5/c1-14-13-24(3)18(6-9-25(24)10-7-19(27)30-25)20-17(22(28)29-4)12-15-11-16(26)5-8-23(15,2)21(14)20/h11,14,17-18,20-21H,5-10,12-13H2,1-4H3. The second-order valence-electron chi connectivity index (χ2n) is 11.2. The van der Waals surface area contributed by atoms with Gasteiger partial charge in [-0.3, -0.25) is 14.4 Å². The van der Waals surface area contributed by atoms with Crippen molar-refractivity contribution in [2.24, 2.45) is 40.4 Å². The van der Waals surface area contributed by atoms with Crippen LogP contribution in [-0.4, -0.2) is 30.4 Å². The molecule has 8 unspecified atom stereocenters. The Kier molecular flexibility index (Phi) is 4.34. The van der Waals surface area contributed by atoms with Crippen LogP contribution in [-0.2, 0) is 23.9 Å². The van der Waals surface area contributed by atoms with Crippen LogP contribution in [0.2, 0.25) is 0 Å². The summed E-state index contributed by atoms with van der Waals surface area (Å²) in [6.07, 6.45) is 8.18. The van der Waals surface area contributed by atoms with Gasteiger partial charge in [-0.2, -0.15) is 0 Å². The van der Waals surface area contributed by atoms with Crippen molar-refractivity contribution in [3.63, 3.8) is 0 Å². The number of ketones is 1. The Labute approximate surface area is 178 Å². The van der Waals surface area contributed by atoms with E-state index in [1.165, 1.54) is 7.11 Å². The summed E-state index contributed by atoms with van der Waals surface area (Å²) >= 11 is 0. The monoisotopic (exact) mass is 414 g/mol. The summed E-state index contributed by atoms with van der Waals surface area (Å²) in [5, 5.41) is 0. The molecule has 1 spiro atoms. The number of esters is 2. The third-order valence-electron chi connectivity index (χ3n) is 10.1. The second kappa shape index (κ2) is 6.43. The molecule has 3 saturated carbocycles. The summed E-state index contributed by atoms with van der Waals surface area (Å²) in [5.41, 5.74) is 0.652. The number of hydrogen-bond donors (Lipinski definition) is 0. The molecule has 0 N–H and O–H groups in total. The number of carbonyl (C=O) groups is 3. The SMILES string of the molecule is COC(=O)C1CC2=CC(=O)CCC2(C)C2C(C)CC3(C)C(CCC34CCC(=O)O4)C12. The minimum absolute atomic E-state index is 0.0358. The Bertz CT molecular complexity index is 844. The molecule has 0 aromatic rings. The quantitative estimate of drug-likeness (QED) is 0.600. The van der Waals surface area contributed by atoms with Gasteiger partial charge in [-0.1, -0.05) is 26.3 Å². The molecule has 5 rings (SSSR count). The van der Waals surface area contributed by atoms with Gasteiger partial charge in [-0.15, -0.1) is 0 Å². The lowest BCUT2D eigenvalue weighted by molar-refractivity contribution is -0.185. The van der Waals surface area contributed by atoms with Gasteiger partial charge in [0.15, 0.2) is 5.78 Å². The van der Waals surface area contributed by atoms with Crippen molar-refractivity contribution >= 4 is 17.7 Å². The van der Waals surface area contributed by atoms with Crippen molar-refractivity contribution in [1.82, 2.24) is 0 Å². The lowest BCUT2D eigenvalue weighted by Crippen LogP contribution is -2.60. The van der Waals surface area contributed by atoms with Crippen LogP contribution in [0.4, 0.5) is 0 Å². The number of ether oxygens (including phenoxy) is 2. The topological polar surface area (TPSA) is 69.7 Å². The number of allylic oxidation sites excluding steroid dienone is 1. The average molecular weight is 415 g/mol. The van der Waals surface area contributed by atoms with Crippen molar-refractivity contribution < 1.29 is 23.9 Å². The predicted molar refractivity (Wildman–Crippen MR) is 110 cm³/mol. The molecule has 4 fully saturated rings. The van der Waals surface area contributed by atoms with Crippen molar-refractivity contribution in [1.29, 1.82) is 0 Å². The van der Waals surface area contributed by atoms with Crippen LogP contribution in [0.25, 0.3) is 0 Å². The molecule has 1 aliphatic heterocycles. The fourth-order valence-electron chi connectivity index (χ4n) is 8.91. The maximum atomic E-state index is 13.0. The van der Waals surface area contributed by atoms with E-state index in [4.69, 9.17) is 9.47 Å². The summed E-state index contributed by atoms with van der Waals surface area (Å²) in [6.45, 7) is 6.97. The molecular formula is C25H34O5. The molecule has 164 valence electrons. The summed E-state index contributed by atoms with van der Waals surface area (Å²) in [7, 11) is 1.48. The van der Waals surface area contributed by atoms with Crippen LogP contribution in [0, 0.1) is 40.4 Å². The first-order valence-corrected chi connectivity index (χ1v) is 11.7. The van der Waals surface area contributed by atoms with Gasteiger partial charge in [0, 0.05) is 18.3 Å². The van der Waals surface area contributed by atoms with E-state index in [2.05, 4.69) is 20.8 Å². The highest BCUT2D eigenvalue weighted by atomic mass is 16.6. The Morgan fingerprint density at radius 1 is 1.17 bits per heavy atom. The van der Waals surface area contributed by atoms with Gasteiger partial charge in [-0.25, -0.2) is 0 Å². The molecular weight excluding hydrogens is 380 g/mol. The van der Waals surface area contributed by atoms with Gasteiger partial charge in [0.25, 0.3) is 0 Å². The third-order valence-corrected chi connectivity index (χ3v) is 10.1. The van der Waals surface area contributed by atoms with Crippen molar-refractivity contribution in [3.05, 3.63) is 11.6 Å². The Morgan fingerprint density at radius 2 is 1.93 bits per heavy atom. The zero-order valence-corrected chi connectivity index (χ0v) is 18.7. The molecule has 4 aliphatic carbocycles. The molecule has 30 heavy (non-hydrogen) atoms. The molecule has 0 radical (unpaired) electrons. The number of hydrogen-bond acceptors (Lipinski definition) is 5. The maximum absolute atomic E-state index is 13.0. The summed E-state index contributed by atoms with van der Waals surface area (Å²) in [6, 6.07) is 0. The fraction of sp³-hybridized carbons (Fsp3) is 0.800. The minimum atomic E-state index is -0.367. The van der Waals surface area contributed by atoms with Crippen LogP contribution in [0.3, 0.4) is 0 Å². The lowest BCUT2D eigenvalue weighted by atomic mass is 9.41. The normalized spacial score (nSPS) is 49.7. The molecule has 1 heterocycles. The van der Waals surface area contributed by atoms with Crippen molar-refractivity contribution in [3.8, 4) is 0 Å². The van der Waals surface area contributed by atoms with Crippen LogP contribution < -0.4 is 0 Å². The summed E-state index contributed by atoms with van der Waals surface area (Å²) in [4.78, 5) is 37.4. The van der Waals surface area contributed by atoms with Crippen LogP contribution in [0.1, 0.15) is 72.1 Å². The van der Waals surface area contributed by atoms with Gasteiger partial charge in [0.05, 0.1) is 13.0 Å². The van der Waals surface area contributed by atoms with Gasteiger partial charge < -0.3 is 9.47 Å². The maximum Gasteiger partial charge on any atom is 0.309 e. The second-order valence-corrected chi connectivity index (χ2v) is 11.2. The molecule has 0 amide bonds. The number of fused-ring (bicyclic) bond motifs is 6. The molecule has 0 aromatic carbocycles. The lowest BCUT2D eigenvalue weighted by Gasteiger charge is -2.62. The smallest absolute Gasteiger partial charge is 0.309 e. The highest BCUT2D eigenvalue weighted by Gasteiger charge is 2.70. The molecule has 5 heteroatoms. The van der Waals surface area contributed by atoms with Gasteiger partial charge in [-0.05, 0) is 73.7 Å². The molecule has 5 aliphatic rings. The zero-order valence-electron chi connectivity index (χ0n) is 18.7. The number of methoxy groups -OCH3 is 1. The first-order chi connectivity index (χ1) is 14.1. The molecule has 0 bridgehead atoms. The fourth-order valence-corrected chi connectivity index (χ4v) is 8.91. The highest BCUT2D eigenvalue weighted by Crippen LogP contribution is 2.71. The zero-order chi connectivity index (χ0) is 21.5. The van der Waals surface area contributed by atoms with E-state index in [1.807, 2.05) is 6.08 Å². The molecule has 5 nitrogen and oxygen atoms in total. The Hall–Kier alpha value is -1.65. The third kappa shape index (κ3) is 2.44. The van der Waals surface area contributed by atoms with Crippen molar-refractivity contribution in [2.75, 3.05) is 7.11 Å². The summed E-state index contributed by atoms with van der Waals surface area (Å²) in [5.74, 6) is 1.04. The van der Waals surface area contributed by atoms with Crippen molar-refractivity contribution in [2.45, 2.75) is 77.7 Å². The number of carbonyl (C=O) groups excluding carboxylic acids is 3. The van der Waals surface area contributed by atoms with E-state index in [0.29, 0.717) is 37.0 Å². The predicted octanol–water partition coefficient (Wildman–Crippen LogP) is 4.24. The Balaban J connectivity index is 1.62. The van der Waals surface area contributed by atoms with E-state index in [1.54, 1.807) is 0 Å². The molecule has 1 saturated heterocycles. The summed E-state index contributed by atoms with van der Waals surface area (Å²) < 4.78 is 11.4. The van der Waals surface area contributed by atoms with Gasteiger partial charge in [0.1, 0.15) is 5.60 Å².